The smallest absolute Gasteiger partial charge is 0.233 e. The zero-order valence-electron chi connectivity index (χ0n) is 20.5. The van der Waals surface area contributed by atoms with E-state index in [0.717, 1.165) is 46.1 Å². The minimum atomic E-state index is 0.0908. The molecule has 5 heteroatoms. The molecule has 1 aromatic heterocycles. The number of nitrogens with zero attached hydrogens (tertiary/aromatic N) is 3. The van der Waals surface area contributed by atoms with E-state index in [0.29, 0.717) is 13.0 Å². The van der Waals surface area contributed by atoms with E-state index in [2.05, 4.69) is 81.1 Å². The number of thiazole rings is 1. The largest absolute Gasteiger partial charge is 0.302 e. The number of aromatic nitrogens is 1. The van der Waals surface area contributed by atoms with Gasteiger partial charge in [0.05, 0.1) is 16.6 Å². The van der Waals surface area contributed by atoms with Crippen molar-refractivity contribution in [2.75, 3.05) is 31.1 Å². The molecule has 176 valence electrons. The van der Waals surface area contributed by atoms with E-state index in [9.17, 15) is 4.79 Å². The Balaban J connectivity index is 1.58. The molecule has 4 aromatic rings. The summed E-state index contributed by atoms with van der Waals surface area (Å²) in [5.74, 6) is 0.0908. The molecule has 0 aliphatic heterocycles. The third-order valence-corrected chi connectivity index (χ3v) is 7.52. The third-order valence-electron chi connectivity index (χ3n) is 6.29. The number of fused-ring (bicyclic) bond motifs is 1. The van der Waals surface area contributed by atoms with Crippen LogP contribution in [-0.4, -0.2) is 42.0 Å². The van der Waals surface area contributed by atoms with Gasteiger partial charge in [-0.3, -0.25) is 9.69 Å². The monoisotopic (exact) mass is 471 g/mol. The number of aryl methyl sites for hydroxylation is 2. The molecule has 0 N–H and O–H groups in total. The summed E-state index contributed by atoms with van der Waals surface area (Å²) in [7, 11) is 0. The molecule has 0 saturated heterocycles. The minimum absolute atomic E-state index is 0.0908. The maximum atomic E-state index is 13.6. The molecule has 3 aromatic carbocycles. The Labute approximate surface area is 206 Å². The molecule has 0 spiro atoms. The lowest BCUT2D eigenvalue weighted by Gasteiger charge is -2.24. The maximum Gasteiger partial charge on any atom is 0.233 e. The first-order valence-electron chi connectivity index (χ1n) is 12.0. The summed E-state index contributed by atoms with van der Waals surface area (Å²) >= 11 is 1.62. The fourth-order valence-corrected chi connectivity index (χ4v) is 5.36. The number of hydrogen-bond donors (Lipinski definition) is 0. The molecule has 0 atom stereocenters. The van der Waals surface area contributed by atoms with Crippen LogP contribution >= 0.6 is 11.3 Å². The zero-order valence-corrected chi connectivity index (χ0v) is 21.4. The van der Waals surface area contributed by atoms with E-state index in [4.69, 9.17) is 4.98 Å². The maximum absolute atomic E-state index is 13.6. The molecular weight excluding hydrogens is 438 g/mol. The summed E-state index contributed by atoms with van der Waals surface area (Å²) in [6.45, 7) is 11.9. The molecule has 0 aliphatic carbocycles. The molecule has 0 aliphatic rings. The molecule has 0 radical (unpaired) electrons. The van der Waals surface area contributed by atoms with Crippen molar-refractivity contribution in [2.24, 2.45) is 0 Å². The van der Waals surface area contributed by atoms with Crippen LogP contribution in [0, 0.1) is 13.8 Å². The average molecular weight is 472 g/mol. The van der Waals surface area contributed by atoms with Gasteiger partial charge >= 0.3 is 0 Å². The number of likely N-dealkylation sites (N-methyl/N-ethyl adjacent to an activating group) is 1. The Morgan fingerprint density at radius 3 is 2.24 bits per heavy atom. The molecule has 34 heavy (non-hydrogen) atoms. The second kappa shape index (κ2) is 10.9. The first-order valence-corrected chi connectivity index (χ1v) is 12.8. The predicted molar refractivity (Wildman–Crippen MR) is 145 cm³/mol. The third kappa shape index (κ3) is 5.54. The van der Waals surface area contributed by atoms with Gasteiger partial charge in [-0.05, 0) is 60.8 Å². The Bertz CT molecular complexity index is 1240. The second-order valence-electron chi connectivity index (χ2n) is 8.74. The number of amides is 1. The van der Waals surface area contributed by atoms with Crippen LogP contribution in [-0.2, 0) is 11.2 Å². The average Bonchev–Trinajstić information content (AvgIpc) is 3.27. The number of carbonyl (C=O) groups is 1. The Kier molecular flexibility index (Phi) is 7.76. The second-order valence-corrected chi connectivity index (χ2v) is 9.72. The molecule has 1 heterocycles. The number of benzene rings is 3. The summed E-state index contributed by atoms with van der Waals surface area (Å²) in [6, 6.07) is 22.9. The highest BCUT2D eigenvalue weighted by Gasteiger charge is 2.21. The van der Waals surface area contributed by atoms with E-state index in [1.807, 2.05) is 23.1 Å². The Morgan fingerprint density at radius 2 is 1.56 bits per heavy atom. The van der Waals surface area contributed by atoms with Crippen LogP contribution in [0.3, 0.4) is 0 Å². The van der Waals surface area contributed by atoms with Crippen LogP contribution in [0.15, 0.2) is 66.7 Å². The van der Waals surface area contributed by atoms with E-state index in [1.54, 1.807) is 11.3 Å². The van der Waals surface area contributed by atoms with Gasteiger partial charge in [-0.1, -0.05) is 85.8 Å². The van der Waals surface area contributed by atoms with E-state index >= 15 is 0 Å². The number of rotatable bonds is 9. The highest BCUT2D eigenvalue weighted by Crippen LogP contribution is 2.32. The Morgan fingerprint density at radius 1 is 0.882 bits per heavy atom. The van der Waals surface area contributed by atoms with Crippen LogP contribution in [0.5, 0.6) is 0 Å². The fraction of sp³-hybridized carbons (Fsp3) is 0.310. The van der Waals surface area contributed by atoms with E-state index in [-0.39, 0.29) is 5.91 Å². The van der Waals surface area contributed by atoms with Crippen molar-refractivity contribution in [3.8, 4) is 11.1 Å². The summed E-state index contributed by atoms with van der Waals surface area (Å²) in [5, 5.41) is 0.793. The van der Waals surface area contributed by atoms with Crippen LogP contribution < -0.4 is 4.90 Å². The normalized spacial score (nSPS) is 11.3. The lowest BCUT2D eigenvalue weighted by molar-refractivity contribution is -0.118. The lowest BCUT2D eigenvalue weighted by atomic mass is 10.0. The quantitative estimate of drug-likeness (QED) is 0.280. The molecular formula is C29H33N3OS. The zero-order chi connectivity index (χ0) is 24.1. The van der Waals surface area contributed by atoms with Gasteiger partial charge in [0.15, 0.2) is 5.13 Å². The summed E-state index contributed by atoms with van der Waals surface area (Å²) in [6.07, 6.45) is 0.362. The number of hydrogen-bond acceptors (Lipinski definition) is 4. The fourth-order valence-electron chi connectivity index (χ4n) is 4.30. The number of carbonyl (C=O) groups excluding carboxylic acids is 1. The SMILES string of the molecule is CCN(CC)CCN(C(=O)Cc1ccc(-c2ccccc2)cc1)c1nc2cc(C)cc(C)c2s1. The van der Waals surface area contributed by atoms with Gasteiger partial charge in [0.1, 0.15) is 0 Å². The Hall–Kier alpha value is -3.02. The lowest BCUT2D eigenvalue weighted by Crippen LogP contribution is -2.39. The van der Waals surface area contributed by atoms with Crippen LogP contribution in [0.4, 0.5) is 5.13 Å². The van der Waals surface area contributed by atoms with Crippen LogP contribution in [0.25, 0.3) is 21.3 Å². The highest BCUT2D eigenvalue weighted by atomic mass is 32.1. The van der Waals surface area contributed by atoms with Crippen LogP contribution in [0.2, 0.25) is 0 Å². The predicted octanol–water partition coefficient (Wildman–Crippen LogP) is 6.50. The molecule has 0 saturated carbocycles. The minimum Gasteiger partial charge on any atom is -0.302 e. The molecule has 0 unspecified atom stereocenters. The molecule has 1 amide bonds. The summed E-state index contributed by atoms with van der Waals surface area (Å²) in [4.78, 5) is 22.7. The highest BCUT2D eigenvalue weighted by molar-refractivity contribution is 7.22. The van der Waals surface area contributed by atoms with Crippen molar-refractivity contribution in [3.63, 3.8) is 0 Å². The van der Waals surface area contributed by atoms with Crippen LogP contribution in [0.1, 0.15) is 30.5 Å². The van der Waals surface area contributed by atoms with Gasteiger partial charge < -0.3 is 4.90 Å². The molecule has 4 rings (SSSR count). The van der Waals surface area contributed by atoms with Gasteiger partial charge in [0.2, 0.25) is 5.91 Å². The summed E-state index contributed by atoms with van der Waals surface area (Å²) < 4.78 is 1.16. The van der Waals surface area contributed by atoms with Crippen molar-refractivity contribution in [2.45, 2.75) is 34.1 Å². The molecule has 4 nitrogen and oxygen atoms in total. The standard InChI is InChI=1S/C29H33N3OS/c1-5-31(6-2)16-17-32(29-30-26-19-21(3)18-22(4)28(26)34-29)27(33)20-23-12-14-25(15-13-23)24-10-8-7-9-11-24/h7-15,18-19H,5-6,16-17,20H2,1-4H3. The topological polar surface area (TPSA) is 36.4 Å². The number of anilines is 1. The van der Waals surface area contributed by atoms with E-state index in [1.165, 1.54) is 16.7 Å². The van der Waals surface area contributed by atoms with E-state index < -0.39 is 0 Å². The van der Waals surface area contributed by atoms with Crippen molar-refractivity contribution >= 4 is 32.6 Å². The van der Waals surface area contributed by atoms with Gasteiger partial charge in [-0.2, -0.15) is 0 Å². The summed E-state index contributed by atoms with van der Waals surface area (Å²) in [5.41, 5.74) is 6.75. The van der Waals surface area contributed by atoms with Crippen molar-refractivity contribution in [3.05, 3.63) is 83.4 Å². The molecule has 0 fully saturated rings. The van der Waals surface area contributed by atoms with Gasteiger partial charge in [0.25, 0.3) is 0 Å². The van der Waals surface area contributed by atoms with Gasteiger partial charge in [-0.15, -0.1) is 0 Å². The van der Waals surface area contributed by atoms with Crippen molar-refractivity contribution < 1.29 is 4.79 Å². The first-order chi connectivity index (χ1) is 16.5. The van der Waals surface area contributed by atoms with Gasteiger partial charge in [0, 0.05) is 13.1 Å². The van der Waals surface area contributed by atoms with Crippen molar-refractivity contribution in [1.29, 1.82) is 0 Å². The van der Waals surface area contributed by atoms with Gasteiger partial charge in [-0.25, -0.2) is 4.98 Å². The molecule has 0 bridgehead atoms. The first kappa shape index (κ1) is 24.1. The van der Waals surface area contributed by atoms with Crippen molar-refractivity contribution in [1.82, 2.24) is 9.88 Å².